The van der Waals surface area contributed by atoms with Crippen molar-refractivity contribution < 1.29 is 27.9 Å². The number of carbonyl (C=O) groups is 2. The summed E-state index contributed by atoms with van der Waals surface area (Å²) in [4.78, 5) is 27.1. The standard InChI is InChI=1S/C16H17F3N2O3/c17-16(18,19)11-6-4-10(5-7-11)13(22)9-21-14(23)12-3-1-2-8-20(12)15(21)24/h4-7,12-13,22H,1-3,8-9H2. The van der Waals surface area contributed by atoms with Crippen LogP contribution in [-0.2, 0) is 11.0 Å². The van der Waals surface area contributed by atoms with Gasteiger partial charge in [-0.25, -0.2) is 4.79 Å². The van der Waals surface area contributed by atoms with E-state index < -0.39 is 29.9 Å². The summed E-state index contributed by atoms with van der Waals surface area (Å²) >= 11 is 0. The molecule has 2 fully saturated rings. The molecule has 2 atom stereocenters. The van der Waals surface area contributed by atoms with E-state index in [1.165, 1.54) is 4.90 Å². The fraction of sp³-hybridized carbons (Fsp3) is 0.500. The van der Waals surface area contributed by atoms with E-state index in [-0.39, 0.29) is 18.0 Å². The third kappa shape index (κ3) is 2.98. The lowest BCUT2D eigenvalue weighted by molar-refractivity contribution is -0.137. The second kappa shape index (κ2) is 6.08. The Bertz CT molecular complexity index is 621. The molecule has 2 aliphatic heterocycles. The molecule has 1 aromatic carbocycles. The van der Waals surface area contributed by atoms with Crippen LogP contribution >= 0.6 is 0 Å². The van der Waals surface area contributed by atoms with Gasteiger partial charge in [0.25, 0.3) is 5.91 Å². The summed E-state index contributed by atoms with van der Waals surface area (Å²) in [6.45, 7) is 0.262. The highest BCUT2D eigenvalue weighted by molar-refractivity contribution is 6.04. The number of alkyl halides is 3. The minimum atomic E-state index is -4.45. The van der Waals surface area contributed by atoms with E-state index in [1.54, 1.807) is 0 Å². The number of hydrogen-bond donors (Lipinski definition) is 1. The molecule has 130 valence electrons. The highest BCUT2D eigenvalue weighted by Gasteiger charge is 2.46. The zero-order valence-electron chi connectivity index (χ0n) is 12.8. The molecular formula is C16H17F3N2O3. The molecule has 1 N–H and O–H groups in total. The van der Waals surface area contributed by atoms with Crippen LogP contribution in [0.15, 0.2) is 24.3 Å². The molecule has 0 aromatic heterocycles. The van der Waals surface area contributed by atoms with E-state index in [4.69, 9.17) is 0 Å². The van der Waals surface area contributed by atoms with Gasteiger partial charge in [-0.3, -0.25) is 9.69 Å². The molecule has 2 heterocycles. The first kappa shape index (κ1) is 16.8. The molecule has 0 spiro atoms. The van der Waals surface area contributed by atoms with Gasteiger partial charge >= 0.3 is 12.2 Å². The topological polar surface area (TPSA) is 60.9 Å². The van der Waals surface area contributed by atoms with Crippen molar-refractivity contribution in [2.45, 2.75) is 37.6 Å². The molecule has 0 bridgehead atoms. The van der Waals surface area contributed by atoms with E-state index in [2.05, 4.69) is 0 Å². The number of halogens is 3. The molecule has 0 aliphatic carbocycles. The van der Waals surface area contributed by atoms with Crippen LogP contribution in [-0.4, -0.2) is 46.0 Å². The summed E-state index contributed by atoms with van der Waals surface area (Å²) in [5, 5.41) is 10.2. The van der Waals surface area contributed by atoms with Gasteiger partial charge in [0.05, 0.1) is 18.2 Å². The Morgan fingerprint density at radius 1 is 1.17 bits per heavy atom. The maximum absolute atomic E-state index is 12.6. The maximum atomic E-state index is 12.6. The minimum Gasteiger partial charge on any atom is -0.387 e. The fourth-order valence-corrected chi connectivity index (χ4v) is 3.19. The molecule has 1 aromatic rings. The third-order valence-electron chi connectivity index (χ3n) is 4.51. The van der Waals surface area contributed by atoms with Gasteiger partial charge in [0.2, 0.25) is 0 Å². The lowest BCUT2D eigenvalue weighted by atomic mass is 10.0. The van der Waals surface area contributed by atoms with Crippen molar-refractivity contribution in [2.24, 2.45) is 0 Å². The fourth-order valence-electron chi connectivity index (χ4n) is 3.19. The normalized spacial score (nSPS) is 22.8. The highest BCUT2D eigenvalue weighted by atomic mass is 19.4. The SMILES string of the molecule is O=C1C2CCCCN2C(=O)N1CC(O)c1ccc(C(F)(F)F)cc1. The molecule has 2 unspecified atom stereocenters. The van der Waals surface area contributed by atoms with Gasteiger partial charge < -0.3 is 10.0 Å². The van der Waals surface area contributed by atoms with Crippen molar-refractivity contribution in [3.8, 4) is 0 Å². The number of aliphatic hydroxyl groups is 1. The third-order valence-corrected chi connectivity index (χ3v) is 4.51. The van der Waals surface area contributed by atoms with E-state index >= 15 is 0 Å². The van der Waals surface area contributed by atoms with Crippen LogP contribution in [0.1, 0.15) is 36.5 Å². The monoisotopic (exact) mass is 342 g/mol. The Hall–Kier alpha value is -2.09. The Labute approximate surface area is 136 Å². The van der Waals surface area contributed by atoms with Gasteiger partial charge in [-0.15, -0.1) is 0 Å². The number of amides is 3. The number of benzene rings is 1. The van der Waals surface area contributed by atoms with Crippen LogP contribution < -0.4 is 0 Å². The molecule has 5 nitrogen and oxygen atoms in total. The minimum absolute atomic E-state index is 0.230. The maximum Gasteiger partial charge on any atom is 0.416 e. The Morgan fingerprint density at radius 3 is 2.42 bits per heavy atom. The number of carbonyl (C=O) groups excluding carboxylic acids is 2. The first-order valence-electron chi connectivity index (χ1n) is 7.76. The van der Waals surface area contributed by atoms with Gasteiger partial charge in [0.15, 0.2) is 0 Å². The summed E-state index contributed by atoms with van der Waals surface area (Å²) in [7, 11) is 0. The van der Waals surface area contributed by atoms with Crippen molar-refractivity contribution in [2.75, 3.05) is 13.1 Å². The van der Waals surface area contributed by atoms with Crippen LogP contribution in [0.5, 0.6) is 0 Å². The summed E-state index contributed by atoms with van der Waals surface area (Å²) < 4.78 is 37.7. The number of rotatable bonds is 3. The quantitative estimate of drug-likeness (QED) is 0.859. The number of β-amino-alcohol motifs (C(OH)–C–C–N with tert-alkyl or cyclic N) is 1. The number of imide groups is 1. The summed E-state index contributed by atoms with van der Waals surface area (Å²) in [6, 6.07) is 3.16. The van der Waals surface area contributed by atoms with Crippen LogP contribution in [0, 0.1) is 0 Å². The zero-order chi connectivity index (χ0) is 17.5. The first-order valence-corrected chi connectivity index (χ1v) is 7.76. The molecule has 8 heteroatoms. The van der Waals surface area contributed by atoms with Crippen LogP contribution in [0.4, 0.5) is 18.0 Å². The Balaban J connectivity index is 1.71. The van der Waals surface area contributed by atoms with Gasteiger partial charge in [0, 0.05) is 6.54 Å². The number of nitrogens with zero attached hydrogens (tertiary/aromatic N) is 2. The predicted octanol–water partition coefficient (Wildman–Crippen LogP) is 2.56. The van der Waals surface area contributed by atoms with Crippen molar-refractivity contribution in [3.63, 3.8) is 0 Å². The van der Waals surface area contributed by atoms with Gasteiger partial charge in [-0.1, -0.05) is 12.1 Å². The molecule has 3 rings (SSSR count). The van der Waals surface area contributed by atoms with Crippen LogP contribution in [0.25, 0.3) is 0 Å². The lowest BCUT2D eigenvalue weighted by Gasteiger charge is -2.26. The second-order valence-electron chi connectivity index (χ2n) is 6.07. The number of piperidine rings is 1. The summed E-state index contributed by atoms with van der Waals surface area (Å²) in [5.74, 6) is -0.342. The lowest BCUT2D eigenvalue weighted by Crippen LogP contribution is -2.39. The second-order valence-corrected chi connectivity index (χ2v) is 6.07. The van der Waals surface area contributed by atoms with Crippen molar-refractivity contribution in [1.29, 1.82) is 0 Å². The van der Waals surface area contributed by atoms with E-state index in [1.807, 2.05) is 0 Å². The molecule has 24 heavy (non-hydrogen) atoms. The number of aliphatic hydroxyl groups excluding tert-OH is 1. The van der Waals surface area contributed by atoms with Gasteiger partial charge in [0.1, 0.15) is 6.04 Å². The van der Waals surface area contributed by atoms with E-state index in [0.29, 0.717) is 13.0 Å². The molecule has 0 saturated carbocycles. The van der Waals surface area contributed by atoms with E-state index in [9.17, 15) is 27.9 Å². The highest BCUT2D eigenvalue weighted by Crippen LogP contribution is 2.31. The molecule has 0 radical (unpaired) electrons. The van der Waals surface area contributed by atoms with Crippen molar-refractivity contribution in [3.05, 3.63) is 35.4 Å². The van der Waals surface area contributed by atoms with Crippen molar-refractivity contribution in [1.82, 2.24) is 9.80 Å². The van der Waals surface area contributed by atoms with Crippen LogP contribution in [0.2, 0.25) is 0 Å². The molecular weight excluding hydrogens is 325 g/mol. The molecule has 2 saturated heterocycles. The Kier molecular flexibility index (Phi) is 4.25. The number of hydrogen-bond acceptors (Lipinski definition) is 3. The van der Waals surface area contributed by atoms with Crippen LogP contribution in [0.3, 0.4) is 0 Å². The number of fused-ring (bicyclic) bond motifs is 1. The van der Waals surface area contributed by atoms with Crippen molar-refractivity contribution >= 4 is 11.9 Å². The zero-order valence-corrected chi connectivity index (χ0v) is 12.8. The smallest absolute Gasteiger partial charge is 0.387 e. The largest absolute Gasteiger partial charge is 0.416 e. The summed E-state index contributed by atoms with van der Waals surface area (Å²) in [6.07, 6.45) is -3.35. The number of urea groups is 1. The average Bonchev–Trinajstić information content (AvgIpc) is 2.79. The van der Waals surface area contributed by atoms with Gasteiger partial charge in [-0.2, -0.15) is 13.2 Å². The van der Waals surface area contributed by atoms with Gasteiger partial charge in [-0.05, 0) is 37.0 Å². The summed E-state index contributed by atoms with van der Waals surface area (Å²) in [5.41, 5.74) is -0.586. The Morgan fingerprint density at radius 2 is 1.83 bits per heavy atom. The predicted molar refractivity (Wildman–Crippen MR) is 77.9 cm³/mol. The average molecular weight is 342 g/mol. The molecule has 3 amide bonds. The molecule has 2 aliphatic rings. The first-order chi connectivity index (χ1) is 11.3. The van der Waals surface area contributed by atoms with E-state index in [0.717, 1.165) is 42.0 Å².